The predicted octanol–water partition coefficient (Wildman–Crippen LogP) is 8.01. The van der Waals surface area contributed by atoms with Gasteiger partial charge in [-0.25, -0.2) is 39.7 Å². The molecule has 21 heteroatoms. The van der Waals surface area contributed by atoms with E-state index >= 15 is 4.79 Å². The van der Waals surface area contributed by atoms with Crippen molar-refractivity contribution in [3.63, 3.8) is 0 Å². The van der Waals surface area contributed by atoms with Gasteiger partial charge in [-0.15, -0.1) is 0 Å². The molecule has 1 atom stereocenters. The number of fused-ring (bicyclic) bond motifs is 2. The van der Waals surface area contributed by atoms with Gasteiger partial charge in [0.05, 0.1) is 49.5 Å². The molecule has 2 fully saturated rings. The van der Waals surface area contributed by atoms with Crippen molar-refractivity contribution in [2.24, 2.45) is 0 Å². The standard InChI is InChI=1S/C42H34ClF6N9O4S/c43-28-10-11-33(38-37(28)40(54-57(38)19-35(46)47)55-63(61,62)26-7-8-26)58-41(52-30-16-23(6-9-27(30)42(58)60)29-3-1-2-12-50-29)32(15-21-13-24(44)17-25(45)14-21)51-36(59)20-56-34(22-4-5-22)18-31(53-56)39(48)49/h1-3,6,9-14,16-18,22,26,32,35,39H,4-5,7-8,15,19-20H2,(H,51,59)(H,54,55)/t32-/m0/s1. The van der Waals surface area contributed by atoms with E-state index in [0.29, 0.717) is 48.7 Å². The van der Waals surface area contributed by atoms with Gasteiger partial charge in [0.25, 0.3) is 18.4 Å². The zero-order valence-electron chi connectivity index (χ0n) is 32.7. The van der Waals surface area contributed by atoms with Crippen LogP contribution in [-0.4, -0.2) is 60.1 Å². The molecule has 9 rings (SSSR count). The fraction of sp³-hybridized carbons (Fsp3) is 0.286. The second-order valence-corrected chi connectivity index (χ2v) is 17.8. The topological polar surface area (TPSA) is 159 Å². The summed E-state index contributed by atoms with van der Waals surface area (Å²) in [5.41, 5.74) is -0.179. The number of rotatable bonds is 15. The Hall–Kier alpha value is -6.28. The molecule has 0 bridgehead atoms. The summed E-state index contributed by atoms with van der Waals surface area (Å²) >= 11 is 6.68. The highest BCUT2D eigenvalue weighted by atomic mass is 35.5. The van der Waals surface area contributed by atoms with Crippen molar-refractivity contribution >= 4 is 55.2 Å². The molecule has 2 aliphatic carbocycles. The third-order valence-corrected chi connectivity index (χ3v) is 12.9. The molecule has 4 heterocycles. The van der Waals surface area contributed by atoms with E-state index in [1.165, 1.54) is 24.3 Å². The van der Waals surface area contributed by atoms with Gasteiger partial charge in [0.15, 0.2) is 5.82 Å². The first-order valence-electron chi connectivity index (χ1n) is 19.7. The lowest BCUT2D eigenvalue weighted by atomic mass is 10.0. The van der Waals surface area contributed by atoms with Crippen LogP contribution in [0.15, 0.2) is 83.8 Å². The van der Waals surface area contributed by atoms with Crippen molar-refractivity contribution in [3.05, 3.63) is 129 Å². The molecule has 2 saturated carbocycles. The van der Waals surface area contributed by atoms with Crippen molar-refractivity contribution in [3.8, 4) is 16.9 Å². The minimum Gasteiger partial charge on any atom is -0.344 e. The molecule has 326 valence electrons. The van der Waals surface area contributed by atoms with Crippen LogP contribution in [0, 0.1) is 11.6 Å². The number of nitrogens with one attached hydrogen (secondary N) is 2. The quantitative estimate of drug-likeness (QED) is 0.0980. The van der Waals surface area contributed by atoms with Crippen molar-refractivity contribution < 1.29 is 39.6 Å². The first kappa shape index (κ1) is 42.0. The number of hydrogen-bond acceptors (Lipinski definition) is 8. The second kappa shape index (κ2) is 16.4. The maximum Gasteiger partial charge on any atom is 0.282 e. The van der Waals surface area contributed by atoms with Crippen molar-refractivity contribution in [1.82, 2.24) is 39.4 Å². The van der Waals surface area contributed by atoms with Crippen LogP contribution in [0.3, 0.4) is 0 Å². The molecule has 1 amide bonds. The monoisotopic (exact) mass is 909 g/mol. The van der Waals surface area contributed by atoms with Gasteiger partial charge in [-0.2, -0.15) is 10.2 Å². The largest absolute Gasteiger partial charge is 0.344 e. The zero-order chi connectivity index (χ0) is 44.3. The fourth-order valence-electron chi connectivity index (χ4n) is 7.68. The molecule has 13 nitrogen and oxygen atoms in total. The van der Waals surface area contributed by atoms with E-state index in [1.807, 2.05) is 0 Å². The van der Waals surface area contributed by atoms with Gasteiger partial charge in [-0.3, -0.25) is 33.2 Å². The van der Waals surface area contributed by atoms with Gasteiger partial charge in [0.1, 0.15) is 36.2 Å². The molecule has 0 radical (unpaired) electrons. The summed E-state index contributed by atoms with van der Waals surface area (Å²) in [7, 11) is -4.03. The number of aromatic nitrogens is 7. The van der Waals surface area contributed by atoms with Crippen LogP contribution in [0.2, 0.25) is 5.02 Å². The summed E-state index contributed by atoms with van der Waals surface area (Å²) in [4.78, 5) is 38.5. The van der Waals surface area contributed by atoms with Gasteiger partial charge in [0.2, 0.25) is 15.9 Å². The van der Waals surface area contributed by atoms with Crippen LogP contribution >= 0.6 is 11.6 Å². The number of pyridine rings is 1. The lowest BCUT2D eigenvalue weighted by Crippen LogP contribution is -2.37. The molecule has 0 saturated heterocycles. The first-order chi connectivity index (χ1) is 30.1. The fourth-order valence-corrected chi connectivity index (χ4v) is 9.25. The number of nitrogens with zero attached hydrogens (tertiary/aromatic N) is 7. The van der Waals surface area contributed by atoms with E-state index in [1.54, 1.807) is 36.5 Å². The number of anilines is 1. The molecule has 2 N–H and O–H groups in total. The van der Waals surface area contributed by atoms with Crippen LogP contribution in [0.25, 0.3) is 38.8 Å². The second-order valence-electron chi connectivity index (χ2n) is 15.4. The lowest BCUT2D eigenvalue weighted by Gasteiger charge is -2.24. The highest BCUT2D eigenvalue weighted by Crippen LogP contribution is 2.42. The molecule has 7 aromatic rings. The highest BCUT2D eigenvalue weighted by Gasteiger charge is 2.38. The van der Waals surface area contributed by atoms with Crippen LogP contribution in [0.4, 0.5) is 32.2 Å². The summed E-state index contributed by atoms with van der Waals surface area (Å²) in [6.07, 6.45) is -2.70. The number of halogens is 7. The van der Waals surface area contributed by atoms with Gasteiger partial charge in [-0.05, 0) is 85.8 Å². The minimum absolute atomic E-state index is 0.000517. The van der Waals surface area contributed by atoms with Gasteiger partial charge >= 0.3 is 0 Å². The number of carbonyl (C=O) groups excluding carboxylic acids is 1. The Balaban J connectivity index is 1.27. The lowest BCUT2D eigenvalue weighted by molar-refractivity contribution is -0.122. The Bertz CT molecular complexity index is 3080. The number of sulfonamides is 1. The van der Waals surface area contributed by atoms with E-state index < -0.39 is 82.5 Å². The number of carbonyl (C=O) groups is 1. The molecule has 0 aliphatic heterocycles. The summed E-state index contributed by atoms with van der Waals surface area (Å²) in [5.74, 6) is -3.48. The van der Waals surface area contributed by atoms with E-state index in [2.05, 4.69) is 25.2 Å². The molecular weight excluding hydrogens is 876 g/mol. The average Bonchev–Trinajstić information content (AvgIpc) is 4.17. The predicted molar refractivity (Wildman–Crippen MR) is 221 cm³/mol. The van der Waals surface area contributed by atoms with E-state index in [0.717, 1.165) is 26.1 Å². The molecular formula is C42H34ClF6N9O4S. The van der Waals surface area contributed by atoms with Crippen molar-refractivity contribution in [2.75, 3.05) is 4.72 Å². The van der Waals surface area contributed by atoms with Crippen molar-refractivity contribution in [2.45, 2.75) is 75.3 Å². The normalized spacial score (nSPS) is 14.9. The Morgan fingerprint density at radius 2 is 1.67 bits per heavy atom. The Kier molecular flexibility index (Phi) is 11.0. The van der Waals surface area contributed by atoms with Crippen LogP contribution in [-0.2, 0) is 34.3 Å². The van der Waals surface area contributed by atoms with E-state index in [9.17, 15) is 39.6 Å². The highest BCUT2D eigenvalue weighted by molar-refractivity contribution is 7.93. The molecule has 63 heavy (non-hydrogen) atoms. The van der Waals surface area contributed by atoms with E-state index in [-0.39, 0.29) is 55.6 Å². The van der Waals surface area contributed by atoms with Crippen molar-refractivity contribution in [1.29, 1.82) is 0 Å². The summed E-state index contributed by atoms with van der Waals surface area (Å²) in [6.45, 7) is -1.66. The third kappa shape index (κ3) is 8.60. The molecule has 0 spiro atoms. The Labute approximate surface area is 358 Å². The Morgan fingerprint density at radius 3 is 2.33 bits per heavy atom. The minimum atomic E-state index is -4.03. The van der Waals surface area contributed by atoms with Crippen LogP contribution < -0.4 is 15.6 Å². The smallest absolute Gasteiger partial charge is 0.282 e. The third-order valence-electron chi connectivity index (χ3n) is 10.8. The number of benzene rings is 3. The number of alkyl halides is 4. The molecule has 3 aromatic carbocycles. The number of hydrogen-bond donors (Lipinski definition) is 2. The molecule has 2 aliphatic rings. The van der Waals surface area contributed by atoms with Gasteiger partial charge < -0.3 is 5.32 Å². The summed E-state index contributed by atoms with van der Waals surface area (Å²) in [6, 6.07) is 14.9. The number of amides is 1. The van der Waals surface area contributed by atoms with Gasteiger partial charge in [0, 0.05) is 35.9 Å². The van der Waals surface area contributed by atoms with Crippen LogP contribution in [0.1, 0.15) is 66.8 Å². The molecule has 4 aromatic heterocycles. The van der Waals surface area contributed by atoms with Gasteiger partial charge in [-0.1, -0.05) is 23.7 Å². The van der Waals surface area contributed by atoms with E-state index in [4.69, 9.17) is 16.6 Å². The summed E-state index contributed by atoms with van der Waals surface area (Å²) in [5, 5.41) is 9.98. The zero-order valence-corrected chi connectivity index (χ0v) is 34.2. The Morgan fingerprint density at radius 1 is 0.905 bits per heavy atom. The van der Waals surface area contributed by atoms with Crippen LogP contribution in [0.5, 0.6) is 0 Å². The maximum absolute atomic E-state index is 15.1. The SMILES string of the molecule is O=C(Cn1nc(C(F)F)cc1C1CC1)N[C@@H](Cc1cc(F)cc(F)c1)c1nc2cc(-c3ccccn3)ccc2c(=O)n1-c1ccc(Cl)c2c(NS(=O)(=O)C3CC3)nn(CC(F)F)c12. The first-order valence-corrected chi connectivity index (χ1v) is 21.6. The molecule has 0 unspecified atom stereocenters. The summed E-state index contributed by atoms with van der Waals surface area (Å²) < 4.78 is 118. The maximum atomic E-state index is 15.1. The average molecular weight is 910 g/mol.